The van der Waals surface area contributed by atoms with Crippen molar-refractivity contribution in [3.05, 3.63) is 59.2 Å². The van der Waals surface area contributed by atoms with Crippen molar-refractivity contribution in [3.8, 4) is 5.75 Å². The molecule has 2 aliphatic rings. The van der Waals surface area contributed by atoms with Crippen molar-refractivity contribution in [3.63, 3.8) is 0 Å². The average molecular weight is 430 g/mol. The molecule has 0 unspecified atom stereocenters. The number of benzene rings is 2. The smallest absolute Gasteiger partial charge is 0.311 e. The number of sulfonamides is 1. The Hall–Kier alpha value is -2.38. The first-order chi connectivity index (χ1) is 14.1. The highest BCUT2D eigenvalue weighted by atomic mass is 32.2. The Morgan fingerprint density at radius 3 is 2.53 bits per heavy atom. The maximum atomic E-state index is 13.0. The summed E-state index contributed by atoms with van der Waals surface area (Å²) >= 11 is 0. The van der Waals surface area contributed by atoms with Gasteiger partial charge in [-0.05, 0) is 73.4 Å². The van der Waals surface area contributed by atoms with Crippen LogP contribution in [0, 0.1) is 12.3 Å². The summed E-state index contributed by atoms with van der Waals surface area (Å²) in [6.07, 6.45) is 1.84. The van der Waals surface area contributed by atoms with Gasteiger partial charge in [0.15, 0.2) is 0 Å². The second kappa shape index (κ2) is 7.10. The molecule has 0 saturated heterocycles. The van der Waals surface area contributed by atoms with E-state index in [2.05, 4.69) is 11.6 Å². The van der Waals surface area contributed by atoms with Gasteiger partial charge >= 0.3 is 5.97 Å². The van der Waals surface area contributed by atoms with E-state index in [9.17, 15) is 18.3 Å². The molecule has 2 N–H and O–H groups in total. The largest absolute Gasteiger partial charge is 0.497 e. The summed E-state index contributed by atoms with van der Waals surface area (Å²) in [5.74, 6) is -0.202. The average Bonchev–Trinajstić information content (AvgIpc) is 2.70. The first-order valence-electron chi connectivity index (χ1n) is 10.1. The van der Waals surface area contributed by atoms with Gasteiger partial charge in [-0.2, -0.15) is 0 Å². The number of carbonyl (C=O) groups is 1. The third kappa shape index (κ3) is 3.30. The fraction of sp³-hybridized carbons (Fsp3) is 0.435. The molecule has 0 aliphatic heterocycles. The molecule has 0 heterocycles. The van der Waals surface area contributed by atoms with Crippen molar-refractivity contribution in [1.82, 2.24) is 4.72 Å². The standard InChI is InChI=1S/C23H27NO5S/c1-15-4-8-18(9-5-15)30(27,28)24-20-10-11-22(2)14-23(20,21(25)26)13-16-6-7-17(29-3)12-19(16)22/h4-9,12,20,24H,10-11,13-14H2,1-3H3,(H,25,26)/t20-,22-,23+/m1/s1. The van der Waals surface area contributed by atoms with Crippen molar-refractivity contribution in [1.29, 1.82) is 0 Å². The molecule has 2 bridgehead atoms. The van der Waals surface area contributed by atoms with Crippen molar-refractivity contribution in [2.75, 3.05) is 7.11 Å². The van der Waals surface area contributed by atoms with Crippen LogP contribution in [0.3, 0.4) is 0 Å². The molecule has 0 spiro atoms. The Morgan fingerprint density at radius 2 is 1.90 bits per heavy atom. The topological polar surface area (TPSA) is 92.7 Å². The van der Waals surface area contributed by atoms with Gasteiger partial charge < -0.3 is 9.84 Å². The summed E-state index contributed by atoms with van der Waals surface area (Å²) in [7, 11) is -2.21. The number of carboxylic acid groups (broad SMARTS) is 1. The number of nitrogens with one attached hydrogen (secondary N) is 1. The lowest BCUT2D eigenvalue weighted by Gasteiger charge is -2.53. The van der Waals surface area contributed by atoms with Gasteiger partial charge in [0, 0.05) is 6.04 Å². The maximum absolute atomic E-state index is 13.0. The highest BCUT2D eigenvalue weighted by molar-refractivity contribution is 7.89. The minimum Gasteiger partial charge on any atom is -0.497 e. The van der Waals surface area contributed by atoms with E-state index in [0.717, 1.165) is 22.4 Å². The van der Waals surface area contributed by atoms with Gasteiger partial charge in [-0.25, -0.2) is 13.1 Å². The molecular weight excluding hydrogens is 402 g/mol. The number of ether oxygens (including phenoxy) is 1. The molecule has 0 aromatic heterocycles. The van der Waals surface area contributed by atoms with Gasteiger partial charge in [0.1, 0.15) is 5.75 Å². The van der Waals surface area contributed by atoms with Crippen LogP contribution in [0.15, 0.2) is 47.4 Å². The second-order valence-electron chi connectivity index (χ2n) is 8.92. The summed E-state index contributed by atoms with van der Waals surface area (Å²) in [6, 6.07) is 11.7. The third-order valence-electron chi connectivity index (χ3n) is 6.89. The first kappa shape index (κ1) is 20.9. The number of fused-ring (bicyclic) bond motifs is 4. The Bertz CT molecular complexity index is 1100. The number of rotatable bonds is 5. The Balaban J connectivity index is 1.73. The Kier molecular flexibility index (Phi) is 4.94. The van der Waals surface area contributed by atoms with Crippen molar-refractivity contribution in [2.24, 2.45) is 5.41 Å². The van der Waals surface area contributed by atoms with E-state index in [4.69, 9.17) is 4.74 Å². The fourth-order valence-electron chi connectivity index (χ4n) is 5.25. The van der Waals surface area contributed by atoms with E-state index in [1.54, 1.807) is 31.4 Å². The van der Waals surface area contributed by atoms with Crippen LogP contribution in [0.25, 0.3) is 0 Å². The highest BCUT2D eigenvalue weighted by Crippen LogP contribution is 2.55. The van der Waals surface area contributed by atoms with Gasteiger partial charge in [0.25, 0.3) is 0 Å². The molecule has 2 aromatic carbocycles. The monoisotopic (exact) mass is 429 g/mol. The van der Waals surface area contributed by atoms with Crippen LogP contribution in [0.4, 0.5) is 0 Å². The number of aryl methyl sites for hydroxylation is 1. The zero-order chi connectivity index (χ0) is 21.7. The van der Waals surface area contributed by atoms with Crippen LogP contribution in [0.5, 0.6) is 5.75 Å². The third-order valence-corrected chi connectivity index (χ3v) is 8.37. The fourth-order valence-corrected chi connectivity index (χ4v) is 6.59. The summed E-state index contributed by atoms with van der Waals surface area (Å²) in [5, 5.41) is 10.3. The molecule has 3 atom stereocenters. The van der Waals surface area contributed by atoms with E-state index < -0.39 is 27.4 Å². The minimum atomic E-state index is -3.83. The number of aliphatic carboxylic acids is 1. The van der Waals surface area contributed by atoms with Crippen LogP contribution < -0.4 is 9.46 Å². The lowest BCUT2D eigenvalue weighted by Crippen LogP contribution is -2.60. The number of methoxy groups -OCH3 is 1. The zero-order valence-electron chi connectivity index (χ0n) is 17.4. The molecule has 2 aliphatic carbocycles. The SMILES string of the molecule is COc1ccc2c(c1)[C@]1(C)CC[C@@H](NS(=O)(=O)c3ccc(C)cc3)[C@](C(=O)O)(C2)C1. The van der Waals surface area contributed by atoms with Crippen LogP contribution in [0.2, 0.25) is 0 Å². The van der Waals surface area contributed by atoms with Gasteiger partial charge in [-0.1, -0.05) is 30.7 Å². The van der Waals surface area contributed by atoms with Crippen LogP contribution in [0.1, 0.15) is 42.9 Å². The molecule has 2 aromatic rings. The van der Waals surface area contributed by atoms with Crippen LogP contribution in [-0.4, -0.2) is 32.6 Å². The van der Waals surface area contributed by atoms with Gasteiger partial charge in [-0.15, -0.1) is 0 Å². The van der Waals surface area contributed by atoms with Crippen molar-refractivity contribution in [2.45, 2.75) is 55.9 Å². The number of carboxylic acids is 1. The van der Waals surface area contributed by atoms with E-state index >= 15 is 0 Å². The van der Waals surface area contributed by atoms with E-state index in [1.807, 2.05) is 25.1 Å². The molecule has 4 rings (SSSR count). The molecule has 30 heavy (non-hydrogen) atoms. The summed E-state index contributed by atoms with van der Waals surface area (Å²) < 4.78 is 34.2. The van der Waals surface area contributed by atoms with Crippen molar-refractivity contribution < 1.29 is 23.1 Å². The minimum absolute atomic E-state index is 0.155. The van der Waals surface area contributed by atoms with Gasteiger partial charge in [0.2, 0.25) is 10.0 Å². The first-order valence-corrected chi connectivity index (χ1v) is 11.6. The molecule has 1 saturated carbocycles. The van der Waals surface area contributed by atoms with Crippen LogP contribution in [-0.2, 0) is 26.7 Å². The lowest BCUT2D eigenvalue weighted by molar-refractivity contribution is -0.155. The van der Waals surface area contributed by atoms with E-state index in [1.165, 1.54) is 0 Å². The highest BCUT2D eigenvalue weighted by Gasteiger charge is 2.58. The zero-order valence-corrected chi connectivity index (χ0v) is 18.3. The molecular formula is C23H27NO5S. The van der Waals surface area contributed by atoms with E-state index in [-0.39, 0.29) is 10.3 Å². The molecule has 0 radical (unpaired) electrons. The van der Waals surface area contributed by atoms with Gasteiger partial charge in [0.05, 0.1) is 17.4 Å². The summed E-state index contributed by atoms with van der Waals surface area (Å²) in [6.45, 7) is 3.96. The number of hydrogen-bond donors (Lipinski definition) is 2. The predicted molar refractivity (Wildman–Crippen MR) is 113 cm³/mol. The second-order valence-corrected chi connectivity index (χ2v) is 10.6. The maximum Gasteiger partial charge on any atom is 0.311 e. The lowest BCUT2D eigenvalue weighted by atomic mass is 9.52. The molecule has 0 amide bonds. The normalized spacial score (nSPS) is 27.9. The number of hydrogen-bond acceptors (Lipinski definition) is 4. The summed E-state index contributed by atoms with van der Waals surface area (Å²) in [4.78, 5) is 12.7. The van der Waals surface area contributed by atoms with Gasteiger partial charge in [-0.3, -0.25) is 4.79 Å². The quantitative estimate of drug-likeness (QED) is 0.760. The van der Waals surface area contributed by atoms with Crippen molar-refractivity contribution >= 4 is 16.0 Å². The Morgan fingerprint density at radius 1 is 1.20 bits per heavy atom. The summed E-state index contributed by atoms with van der Waals surface area (Å²) in [5.41, 5.74) is 1.49. The van der Waals surface area contributed by atoms with E-state index in [0.29, 0.717) is 25.7 Å². The van der Waals surface area contributed by atoms with Crippen LogP contribution >= 0.6 is 0 Å². The molecule has 7 heteroatoms. The molecule has 160 valence electrons. The predicted octanol–water partition coefficient (Wildman–Crippen LogP) is 3.42. The Labute approximate surface area is 177 Å². The molecule has 1 fully saturated rings. The molecule has 6 nitrogen and oxygen atoms in total.